The van der Waals surface area contributed by atoms with Crippen LogP contribution in [0.1, 0.15) is 23.1 Å². The highest BCUT2D eigenvalue weighted by molar-refractivity contribution is 6.30. The molecule has 0 bridgehead atoms. The number of ether oxygens (including phenoxy) is 1. The molecule has 0 spiro atoms. The van der Waals surface area contributed by atoms with Crippen molar-refractivity contribution in [3.05, 3.63) is 59.0 Å². The third-order valence-electron chi connectivity index (χ3n) is 3.40. The number of rotatable bonds is 4. The molecule has 1 aromatic carbocycles. The van der Waals surface area contributed by atoms with Crippen LogP contribution in [-0.2, 0) is 0 Å². The molecule has 0 aliphatic heterocycles. The lowest BCUT2D eigenvalue weighted by Crippen LogP contribution is -2.15. The summed E-state index contributed by atoms with van der Waals surface area (Å²) in [5.74, 6) is 0.532. The second kappa shape index (κ2) is 6.30. The average molecular weight is 330 g/mol. The number of hydrogen-bond donors (Lipinski definition) is 1. The van der Waals surface area contributed by atoms with Gasteiger partial charge in [0.1, 0.15) is 17.1 Å². The Balaban J connectivity index is 1.88. The Morgan fingerprint density at radius 3 is 2.70 bits per heavy atom. The van der Waals surface area contributed by atoms with Gasteiger partial charge in [-0.05, 0) is 50.2 Å². The summed E-state index contributed by atoms with van der Waals surface area (Å²) < 4.78 is 7.08. The number of hydrogen-bond acceptors (Lipinski definition) is 3. The first-order valence-corrected chi connectivity index (χ1v) is 7.64. The number of nitrogens with one attached hydrogen (secondary N) is 1. The van der Waals surface area contributed by atoms with Crippen molar-refractivity contribution in [3.63, 3.8) is 0 Å². The normalized spacial score (nSPS) is 10.7. The van der Waals surface area contributed by atoms with Crippen LogP contribution in [0.5, 0.6) is 5.75 Å². The Morgan fingerprint density at radius 1 is 1.26 bits per heavy atom. The molecule has 2 heterocycles. The molecular weight excluding hydrogens is 314 g/mol. The number of nitrogens with zero attached hydrogens (tertiary/aromatic N) is 2. The average Bonchev–Trinajstić information content (AvgIpc) is 2.84. The zero-order valence-electron chi connectivity index (χ0n) is 12.8. The van der Waals surface area contributed by atoms with E-state index in [1.807, 2.05) is 19.1 Å². The Hall–Kier alpha value is -2.53. The fraction of sp³-hybridized carbons (Fsp3) is 0.176. The number of imidazole rings is 1. The van der Waals surface area contributed by atoms with Crippen molar-refractivity contribution in [1.82, 2.24) is 9.38 Å². The van der Waals surface area contributed by atoms with Crippen LogP contribution in [0.3, 0.4) is 0 Å². The molecule has 6 heteroatoms. The van der Waals surface area contributed by atoms with Crippen molar-refractivity contribution in [2.75, 3.05) is 11.9 Å². The number of anilines is 1. The van der Waals surface area contributed by atoms with Crippen LogP contribution in [0.15, 0.2) is 42.6 Å². The molecule has 2 aromatic heterocycles. The summed E-state index contributed by atoms with van der Waals surface area (Å²) in [6, 6.07) is 10.8. The van der Waals surface area contributed by atoms with Gasteiger partial charge < -0.3 is 10.1 Å². The van der Waals surface area contributed by atoms with E-state index in [-0.39, 0.29) is 5.91 Å². The first-order chi connectivity index (χ1) is 11.1. The van der Waals surface area contributed by atoms with Crippen LogP contribution in [0.25, 0.3) is 5.65 Å². The van der Waals surface area contributed by atoms with Gasteiger partial charge in [-0.15, -0.1) is 0 Å². The van der Waals surface area contributed by atoms with E-state index in [2.05, 4.69) is 10.3 Å². The predicted octanol–water partition coefficient (Wildman–Crippen LogP) is 3.95. The maximum absolute atomic E-state index is 12.6. The minimum absolute atomic E-state index is 0.235. The number of amides is 1. The first-order valence-electron chi connectivity index (χ1n) is 7.27. The smallest absolute Gasteiger partial charge is 0.274 e. The van der Waals surface area contributed by atoms with Gasteiger partial charge in [-0.25, -0.2) is 4.98 Å². The van der Waals surface area contributed by atoms with E-state index < -0.39 is 0 Å². The summed E-state index contributed by atoms with van der Waals surface area (Å²) in [4.78, 5) is 17.0. The summed E-state index contributed by atoms with van der Waals surface area (Å²) in [5, 5.41) is 3.41. The lowest BCUT2D eigenvalue weighted by atomic mass is 10.2. The molecule has 0 atom stereocenters. The van der Waals surface area contributed by atoms with E-state index in [9.17, 15) is 4.79 Å². The molecule has 118 valence electrons. The van der Waals surface area contributed by atoms with Crippen LogP contribution in [0, 0.1) is 6.92 Å². The monoisotopic (exact) mass is 329 g/mol. The van der Waals surface area contributed by atoms with E-state index in [0.29, 0.717) is 34.4 Å². The first kappa shape index (κ1) is 15.4. The maximum Gasteiger partial charge on any atom is 0.274 e. The maximum atomic E-state index is 12.6. The number of aromatic nitrogens is 2. The number of halogens is 1. The minimum atomic E-state index is -0.235. The summed E-state index contributed by atoms with van der Waals surface area (Å²) >= 11 is 6.02. The Kier molecular flexibility index (Phi) is 4.21. The third kappa shape index (κ3) is 3.14. The molecule has 0 aliphatic rings. The number of benzene rings is 1. The summed E-state index contributed by atoms with van der Waals surface area (Å²) in [6.07, 6.45) is 1.68. The van der Waals surface area contributed by atoms with Gasteiger partial charge in [0.15, 0.2) is 0 Å². The van der Waals surface area contributed by atoms with E-state index in [1.165, 1.54) is 0 Å². The van der Waals surface area contributed by atoms with Gasteiger partial charge in [0, 0.05) is 11.9 Å². The molecule has 0 aliphatic carbocycles. The van der Waals surface area contributed by atoms with Crippen LogP contribution < -0.4 is 10.1 Å². The van der Waals surface area contributed by atoms with E-state index in [4.69, 9.17) is 16.3 Å². The molecule has 0 radical (unpaired) electrons. The number of fused-ring (bicyclic) bond motifs is 1. The van der Waals surface area contributed by atoms with E-state index in [1.54, 1.807) is 41.8 Å². The van der Waals surface area contributed by atoms with Crippen molar-refractivity contribution in [2.45, 2.75) is 13.8 Å². The fourth-order valence-corrected chi connectivity index (χ4v) is 2.56. The quantitative estimate of drug-likeness (QED) is 0.788. The molecule has 0 unspecified atom stereocenters. The molecule has 5 nitrogen and oxygen atoms in total. The van der Waals surface area contributed by atoms with Crippen molar-refractivity contribution in [3.8, 4) is 5.75 Å². The number of carbonyl (C=O) groups is 1. The Bertz CT molecular complexity index is 856. The van der Waals surface area contributed by atoms with E-state index in [0.717, 1.165) is 5.75 Å². The lowest BCUT2D eigenvalue weighted by Gasteiger charge is -2.08. The SMILES string of the molecule is CCOc1ccc(NC(=O)c2c(C)nc3ccc(Cl)cn23)cc1. The van der Waals surface area contributed by atoms with Crippen LogP contribution >= 0.6 is 11.6 Å². The predicted molar refractivity (Wildman–Crippen MR) is 90.5 cm³/mol. The largest absolute Gasteiger partial charge is 0.494 e. The highest BCUT2D eigenvalue weighted by Crippen LogP contribution is 2.19. The van der Waals surface area contributed by atoms with Gasteiger partial charge in [-0.2, -0.15) is 0 Å². The zero-order chi connectivity index (χ0) is 16.4. The van der Waals surface area contributed by atoms with Gasteiger partial charge in [-0.1, -0.05) is 11.6 Å². The molecule has 0 saturated carbocycles. The highest BCUT2D eigenvalue weighted by Gasteiger charge is 2.17. The third-order valence-corrected chi connectivity index (χ3v) is 3.62. The van der Waals surface area contributed by atoms with Gasteiger partial charge in [0.2, 0.25) is 0 Å². The van der Waals surface area contributed by atoms with Crippen molar-refractivity contribution in [1.29, 1.82) is 0 Å². The van der Waals surface area contributed by atoms with Crippen LogP contribution in [0.2, 0.25) is 5.02 Å². The highest BCUT2D eigenvalue weighted by atomic mass is 35.5. The minimum Gasteiger partial charge on any atom is -0.494 e. The Morgan fingerprint density at radius 2 is 2.00 bits per heavy atom. The topological polar surface area (TPSA) is 55.6 Å². The van der Waals surface area contributed by atoms with Crippen molar-refractivity contribution in [2.24, 2.45) is 0 Å². The standard InChI is InChI=1S/C17H16ClN3O2/c1-3-23-14-7-5-13(6-8-14)20-17(22)16-11(2)19-15-9-4-12(18)10-21(15)16/h4-10H,3H2,1-2H3,(H,20,22). The molecular formula is C17H16ClN3O2. The van der Waals surface area contributed by atoms with E-state index >= 15 is 0 Å². The van der Waals surface area contributed by atoms with Crippen LogP contribution in [0.4, 0.5) is 5.69 Å². The van der Waals surface area contributed by atoms with Gasteiger partial charge in [0.05, 0.1) is 17.3 Å². The van der Waals surface area contributed by atoms with Gasteiger partial charge >= 0.3 is 0 Å². The number of aryl methyl sites for hydroxylation is 1. The van der Waals surface area contributed by atoms with Crippen LogP contribution in [-0.4, -0.2) is 21.9 Å². The molecule has 3 rings (SSSR count). The number of pyridine rings is 1. The second-order valence-electron chi connectivity index (χ2n) is 5.03. The zero-order valence-corrected chi connectivity index (χ0v) is 13.6. The molecule has 0 fully saturated rings. The molecule has 0 saturated heterocycles. The summed E-state index contributed by atoms with van der Waals surface area (Å²) in [6.45, 7) is 4.33. The van der Waals surface area contributed by atoms with Crippen molar-refractivity contribution >= 4 is 28.8 Å². The second-order valence-corrected chi connectivity index (χ2v) is 5.47. The van der Waals surface area contributed by atoms with Gasteiger partial charge in [0.25, 0.3) is 5.91 Å². The lowest BCUT2D eigenvalue weighted by molar-refractivity contribution is 0.102. The summed E-state index contributed by atoms with van der Waals surface area (Å²) in [7, 11) is 0. The Labute approximate surface area is 138 Å². The molecule has 1 amide bonds. The van der Waals surface area contributed by atoms with Gasteiger partial charge in [-0.3, -0.25) is 9.20 Å². The fourth-order valence-electron chi connectivity index (χ4n) is 2.40. The summed E-state index contributed by atoms with van der Waals surface area (Å²) in [5.41, 5.74) is 2.49. The molecule has 23 heavy (non-hydrogen) atoms. The molecule has 1 N–H and O–H groups in total. The van der Waals surface area contributed by atoms with Crippen molar-refractivity contribution < 1.29 is 9.53 Å². The number of carbonyl (C=O) groups excluding carboxylic acids is 1. The molecule has 3 aromatic rings.